The fraction of sp³-hybridized carbons (Fsp3) is 0.767. The standard InChI is InChI=1S/C30H48N4O.2ClH/c35-29-30(18-22-32(23-19-30)27-14-8-4-2-1-3-5-9-15-27)34(28-16-10-6-11-17-28)26-33(29)25-24-31-20-12-7-13-21-31;;/h6,10-11,16-17,27H,1-5,7-9,12-15,18-26H2;2*1H. The molecule has 0 N–H and O–H groups in total. The van der Waals surface area contributed by atoms with Crippen LogP contribution in [0.15, 0.2) is 30.3 Å². The van der Waals surface area contributed by atoms with Gasteiger partial charge in [-0.3, -0.25) is 4.79 Å². The van der Waals surface area contributed by atoms with Crippen molar-refractivity contribution >= 4 is 36.4 Å². The van der Waals surface area contributed by atoms with Crippen LogP contribution in [-0.4, -0.2) is 78.1 Å². The number of amides is 1. The first-order valence-electron chi connectivity index (χ1n) is 14.8. The molecule has 0 bridgehead atoms. The summed E-state index contributed by atoms with van der Waals surface area (Å²) >= 11 is 0. The summed E-state index contributed by atoms with van der Waals surface area (Å²) in [6.45, 7) is 7.19. The molecule has 1 aliphatic carbocycles. The summed E-state index contributed by atoms with van der Waals surface area (Å²) in [7, 11) is 0. The van der Waals surface area contributed by atoms with Crippen molar-refractivity contribution in [2.45, 2.75) is 101 Å². The van der Waals surface area contributed by atoms with E-state index < -0.39 is 0 Å². The van der Waals surface area contributed by atoms with Crippen LogP contribution in [0.4, 0.5) is 5.69 Å². The molecule has 1 aromatic carbocycles. The molecule has 0 unspecified atom stereocenters. The van der Waals surface area contributed by atoms with Crippen LogP contribution in [0.1, 0.15) is 89.9 Å². The Morgan fingerprint density at radius 2 is 1.27 bits per heavy atom. The number of piperidine rings is 2. The van der Waals surface area contributed by atoms with Gasteiger partial charge in [0.15, 0.2) is 0 Å². The predicted molar refractivity (Wildman–Crippen MR) is 159 cm³/mol. The minimum absolute atomic E-state index is 0. The highest BCUT2D eigenvalue weighted by Gasteiger charge is 2.53. The predicted octanol–water partition coefficient (Wildman–Crippen LogP) is 6.35. The number of nitrogens with zero attached hydrogens (tertiary/aromatic N) is 4. The molecule has 3 aliphatic heterocycles. The average molecular weight is 554 g/mol. The number of anilines is 1. The van der Waals surface area contributed by atoms with Crippen molar-refractivity contribution in [3.05, 3.63) is 30.3 Å². The van der Waals surface area contributed by atoms with Gasteiger partial charge in [-0.2, -0.15) is 0 Å². The van der Waals surface area contributed by atoms with Gasteiger partial charge in [-0.1, -0.05) is 69.6 Å². The zero-order chi connectivity index (χ0) is 23.9. The second-order valence-corrected chi connectivity index (χ2v) is 11.6. The third-order valence-electron chi connectivity index (χ3n) is 9.43. The highest BCUT2D eigenvalue weighted by atomic mass is 35.5. The van der Waals surface area contributed by atoms with E-state index in [2.05, 4.69) is 49.9 Å². The molecule has 210 valence electrons. The maximum Gasteiger partial charge on any atom is 0.250 e. The number of likely N-dealkylation sites (tertiary alicyclic amines) is 2. The summed E-state index contributed by atoms with van der Waals surface area (Å²) < 4.78 is 0. The van der Waals surface area contributed by atoms with E-state index in [1.54, 1.807) is 0 Å². The Labute approximate surface area is 238 Å². The molecule has 1 amide bonds. The highest BCUT2D eigenvalue weighted by Crippen LogP contribution is 2.40. The summed E-state index contributed by atoms with van der Waals surface area (Å²) in [6.07, 6.45) is 18.5. The average Bonchev–Trinajstić information content (AvgIpc) is 3.18. The van der Waals surface area contributed by atoms with Crippen LogP contribution in [0.2, 0.25) is 0 Å². The van der Waals surface area contributed by atoms with E-state index in [4.69, 9.17) is 0 Å². The fourth-order valence-corrected chi connectivity index (χ4v) is 7.23. The molecule has 0 aromatic heterocycles. The van der Waals surface area contributed by atoms with Crippen molar-refractivity contribution in [2.24, 2.45) is 0 Å². The minimum Gasteiger partial charge on any atom is -0.339 e. The first-order chi connectivity index (χ1) is 17.3. The summed E-state index contributed by atoms with van der Waals surface area (Å²) in [5, 5.41) is 0. The van der Waals surface area contributed by atoms with Gasteiger partial charge in [0.1, 0.15) is 5.54 Å². The molecular weight excluding hydrogens is 503 g/mol. The summed E-state index contributed by atoms with van der Waals surface area (Å²) in [5.41, 5.74) is 0.865. The smallest absolute Gasteiger partial charge is 0.250 e. The number of carbonyl (C=O) groups is 1. The van der Waals surface area contributed by atoms with E-state index in [1.807, 2.05) is 0 Å². The lowest BCUT2D eigenvalue weighted by Gasteiger charge is -2.45. The minimum atomic E-state index is -0.351. The molecule has 0 atom stereocenters. The Bertz CT molecular complexity index is 786. The molecule has 4 aliphatic rings. The van der Waals surface area contributed by atoms with E-state index >= 15 is 0 Å². The Kier molecular flexibility index (Phi) is 12.3. The topological polar surface area (TPSA) is 30.0 Å². The van der Waals surface area contributed by atoms with Gasteiger partial charge in [0.25, 0.3) is 0 Å². The van der Waals surface area contributed by atoms with Crippen LogP contribution in [0.3, 0.4) is 0 Å². The van der Waals surface area contributed by atoms with Gasteiger partial charge in [0.05, 0.1) is 6.67 Å². The maximum absolute atomic E-state index is 14.1. The van der Waals surface area contributed by atoms with Crippen LogP contribution in [0.25, 0.3) is 0 Å². The zero-order valence-electron chi connectivity index (χ0n) is 22.8. The Balaban J connectivity index is 0.00000190. The Morgan fingerprint density at radius 1 is 0.703 bits per heavy atom. The lowest BCUT2D eigenvalue weighted by molar-refractivity contribution is -0.134. The number of rotatable bonds is 5. The zero-order valence-corrected chi connectivity index (χ0v) is 24.5. The van der Waals surface area contributed by atoms with Crippen LogP contribution in [-0.2, 0) is 4.79 Å². The molecule has 3 heterocycles. The molecule has 1 spiro atoms. The van der Waals surface area contributed by atoms with Gasteiger partial charge < -0.3 is 19.6 Å². The van der Waals surface area contributed by atoms with Gasteiger partial charge >= 0.3 is 0 Å². The lowest BCUT2D eigenvalue weighted by Crippen LogP contribution is -2.58. The molecule has 5 rings (SSSR count). The molecule has 0 radical (unpaired) electrons. The summed E-state index contributed by atoms with van der Waals surface area (Å²) in [4.78, 5) is 24.0. The van der Waals surface area contributed by atoms with Gasteiger partial charge in [-0.05, 0) is 63.7 Å². The number of carbonyl (C=O) groups excluding carboxylic acids is 1. The number of para-hydroxylation sites is 1. The van der Waals surface area contributed by atoms with Crippen molar-refractivity contribution < 1.29 is 4.79 Å². The lowest BCUT2D eigenvalue weighted by atomic mass is 9.84. The van der Waals surface area contributed by atoms with E-state index in [0.29, 0.717) is 5.91 Å². The highest BCUT2D eigenvalue weighted by molar-refractivity contribution is 5.93. The number of benzene rings is 1. The van der Waals surface area contributed by atoms with Crippen molar-refractivity contribution in [2.75, 3.05) is 50.8 Å². The van der Waals surface area contributed by atoms with E-state index in [0.717, 1.165) is 51.7 Å². The SMILES string of the molecule is Cl.Cl.O=C1N(CCN2CCCCC2)CN(c2ccccc2)C12CCN(C1CCCCCCCCC1)CC2. The first-order valence-corrected chi connectivity index (χ1v) is 14.8. The molecule has 7 heteroatoms. The van der Waals surface area contributed by atoms with E-state index in [-0.39, 0.29) is 30.4 Å². The normalized spacial score (nSPS) is 24.5. The summed E-state index contributed by atoms with van der Waals surface area (Å²) in [5.74, 6) is 0.393. The molecule has 5 nitrogen and oxygen atoms in total. The third-order valence-corrected chi connectivity index (χ3v) is 9.43. The fourth-order valence-electron chi connectivity index (χ4n) is 7.23. The maximum atomic E-state index is 14.1. The Morgan fingerprint density at radius 3 is 1.89 bits per heavy atom. The quantitative estimate of drug-likeness (QED) is 0.425. The number of hydrogen-bond acceptors (Lipinski definition) is 4. The third kappa shape index (κ3) is 7.35. The molecule has 4 fully saturated rings. The summed E-state index contributed by atoms with van der Waals surface area (Å²) in [6, 6.07) is 11.5. The first kappa shape index (κ1) is 30.5. The van der Waals surface area contributed by atoms with Crippen LogP contribution in [0.5, 0.6) is 0 Å². The van der Waals surface area contributed by atoms with Gasteiger partial charge in [-0.25, -0.2) is 0 Å². The van der Waals surface area contributed by atoms with Crippen molar-refractivity contribution in [3.63, 3.8) is 0 Å². The molecule has 3 saturated heterocycles. The monoisotopic (exact) mass is 552 g/mol. The second kappa shape index (κ2) is 15.0. The van der Waals surface area contributed by atoms with Gasteiger partial charge in [-0.15, -0.1) is 24.8 Å². The molecular formula is C30H50Cl2N4O. The molecule has 1 aromatic rings. The largest absolute Gasteiger partial charge is 0.339 e. The van der Waals surface area contributed by atoms with Crippen LogP contribution in [0, 0.1) is 0 Å². The number of hydrogen-bond donors (Lipinski definition) is 0. The van der Waals surface area contributed by atoms with E-state index in [9.17, 15) is 4.79 Å². The van der Waals surface area contributed by atoms with Crippen molar-refractivity contribution in [1.29, 1.82) is 0 Å². The molecule has 1 saturated carbocycles. The second-order valence-electron chi connectivity index (χ2n) is 11.6. The van der Waals surface area contributed by atoms with Crippen molar-refractivity contribution in [1.82, 2.24) is 14.7 Å². The number of halogens is 2. The van der Waals surface area contributed by atoms with Crippen LogP contribution >= 0.6 is 24.8 Å². The van der Waals surface area contributed by atoms with E-state index in [1.165, 1.54) is 95.8 Å². The van der Waals surface area contributed by atoms with Gasteiger partial charge in [0, 0.05) is 37.9 Å². The van der Waals surface area contributed by atoms with Gasteiger partial charge in [0.2, 0.25) is 5.91 Å². The van der Waals surface area contributed by atoms with Crippen LogP contribution < -0.4 is 4.90 Å². The Hall–Kier alpha value is -1.01. The van der Waals surface area contributed by atoms with Crippen molar-refractivity contribution in [3.8, 4) is 0 Å². The molecule has 37 heavy (non-hydrogen) atoms.